The van der Waals surface area contributed by atoms with E-state index >= 15 is 0 Å². The number of carbonyl (C=O) groups excluding carboxylic acids is 2. The average molecular weight is 1250 g/mol. The minimum atomic E-state index is -1.62. The average Bonchev–Trinajstić information content (AvgIpc) is 1.85. The Morgan fingerprint density at radius 3 is 1.22 bits per heavy atom. The third-order valence-electron chi connectivity index (χ3n) is 17.3. The summed E-state index contributed by atoms with van der Waals surface area (Å²) in [6.45, 7) is 5.72. The molecule has 0 aromatic carbocycles. The van der Waals surface area contributed by atoms with Crippen LogP contribution >= 0.6 is 0 Å². The Morgan fingerprint density at radius 1 is 0.449 bits per heavy atom. The van der Waals surface area contributed by atoms with Crippen molar-refractivity contribution in [1.29, 1.82) is 0 Å². The molecule has 89 heavy (non-hydrogen) atoms. The molecule has 8 atom stereocenters. The lowest BCUT2D eigenvalue weighted by molar-refractivity contribution is -0.305. The zero-order valence-corrected chi connectivity index (χ0v) is 57.5. The van der Waals surface area contributed by atoms with Gasteiger partial charge < -0.3 is 45.1 Å². The molecule has 8 unspecified atom stereocenters. The zero-order chi connectivity index (χ0) is 64.6. The molecule has 0 radical (unpaired) electrons. The van der Waals surface area contributed by atoms with E-state index in [1.807, 2.05) is 6.08 Å². The van der Waals surface area contributed by atoms with E-state index in [1.165, 1.54) is 193 Å². The van der Waals surface area contributed by atoms with E-state index in [2.05, 4.69) is 99.0 Å². The fourth-order valence-electron chi connectivity index (χ4n) is 11.4. The molecular weight excluding hydrogens is 1110 g/mol. The van der Waals surface area contributed by atoms with Crippen LogP contribution in [0.2, 0.25) is 0 Å². The molecule has 0 saturated carbocycles. The molecule has 0 spiro atoms. The van der Waals surface area contributed by atoms with Crippen LogP contribution in [-0.2, 0) is 23.8 Å². The van der Waals surface area contributed by atoms with Crippen molar-refractivity contribution in [3.63, 3.8) is 0 Å². The fraction of sp³-hybridized carbons (Fsp3) is 0.795. The van der Waals surface area contributed by atoms with Crippen LogP contribution in [0.1, 0.15) is 335 Å². The van der Waals surface area contributed by atoms with Gasteiger partial charge in [0.2, 0.25) is 5.91 Å². The molecule has 1 fully saturated rings. The number of esters is 1. The first-order valence-electron chi connectivity index (χ1n) is 37.4. The van der Waals surface area contributed by atoms with Gasteiger partial charge in [-0.25, -0.2) is 0 Å². The maximum absolute atomic E-state index is 13.5. The monoisotopic (exact) mass is 1250 g/mol. The zero-order valence-electron chi connectivity index (χ0n) is 57.5. The highest BCUT2D eigenvalue weighted by Crippen LogP contribution is 2.26. The van der Waals surface area contributed by atoms with Gasteiger partial charge in [0.05, 0.1) is 25.4 Å². The maximum Gasteiger partial charge on any atom is 0.306 e. The first-order chi connectivity index (χ1) is 43.7. The molecule has 0 aliphatic carbocycles. The van der Waals surface area contributed by atoms with E-state index in [0.717, 1.165) is 96.3 Å². The lowest BCUT2D eigenvalue weighted by Crippen LogP contribution is -2.61. The Morgan fingerprint density at radius 2 is 0.809 bits per heavy atom. The summed E-state index contributed by atoms with van der Waals surface area (Å²) < 4.78 is 17.7. The van der Waals surface area contributed by atoms with Crippen LogP contribution in [0.5, 0.6) is 0 Å². The van der Waals surface area contributed by atoms with E-state index in [-0.39, 0.29) is 19.4 Å². The second-order valence-corrected chi connectivity index (χ2v) is 25.6. The summed E-state index contributed by atoms with van der Waals surface area (Å²) in [4.78, 5) is 26.7. The molecule has 1 aliphatic heterocycles. The number of allylic oxidation sites excluding steroid dienone is 13. The Labute approximate surface area is 546 Å². The lowest BCUT2D eigenvalue weighted by atomic mass is 9.99. The molecule has 6 N–H and O–H groups in total. The van der Waals surface area contributed by atoms with E-state index < -0.39 is 67.4 Å². The van der Waals surface area contributed by atoms with E-state index in [4.69, 9.17) is 14.2 Å². The number of aliphatic hydroxyl groups excluding tert-OH is 5. The smallest absolute Gasteiger partial charge is 0.306 e. The number of hydrogen-bond acceptors (Lipinski definition) is 10. The number of carbonyl (C=O) groups is 2. The predicted molar refractivity (Wildman–Crippen MR) is 375 cm³/mol. The predicted octanol–water partition coefficient (Wildman–Crippen LogP) is 19.6. The molecule has 0 aromatic rings. The van der Waals surface area contributed by atoms with E-state index in [1.54, 1.807) is 6.08 Å². The van der Waals surface area contributed by atoms with Crippen molar-refractivity contribution >= 4 is 11.9 Å². The van der Waals surface area contributed by atoms with Gasteiger partial charge in [-0.1, -0.05) is 318 Å². The number of hydrogen-bond donors (Lipinski definition) is 6. The molecule has 1 heterocycles. The molecule has 1 rings (SSSR count). The summed E-state index contributed by atoms with van der Waals surface area (Å²) in [6, 6.07) is -1.03. The number of nitrogens with one attached hydrogen (secondary N) is 1. The van der Waals surface area contributed by atoms with Gasteiger partial charge in [-0.15, -0.1) is 0 Å². The summed E-state index contributed by atoms with van der Waals surface area (Å²) in [5.74, 6) is -1.19. The van der Waals surface area contributed by atoms with Crippen molar-refractivity contribution in [2.75, 3.05) is 13.2 Å². The van der Waals surface area contributed by atoms with Gasteiger partial charge >= 0.3 is 5.97 Å². The second kappa shape index (κ2) is 64.9. The first kappa shape index (κ1) is 83.9. The summed E-state index contributed by atoms with van der Waals surface area (Å²) in [5, 5.41) is 57.4. The van der Waals surface area contributed by atoms with Gasteiger partial charge in [-0.2, -0.15) is 0 Å². The lowest BCUT2D eigenvalue weighted by Gasteiger charge is -2.41. The van der Waals surface area contributed by atoms with Crippen molar-refractivity contribution in [3.8, 4) is 0 Å². The van der Waals surface area contributed by atoms with E-state index in [9.17, 15) is 35.1 Å². The third kappa shape index (κ3) is 52.0. The van der Waals surface area contributed by atoms with Crippen LogP contribution in [0, 0.1) is 0 Å². The van der Waals surface area contributed by atoms with Crippen molar-refractivity contribution in [2.45, 2.75) is 384 Å². The third-order valence-corrected chi connectivity index (χ3v) is 17.3. The summed E-state index contributed by atoms with van der Waals surface area (Å²) in [6.07, 6.45) is 76.2. The molecule has 1 aliphatic rings. The van der Waals surface area contributed by atoms with Crippen LogP contribution < -0.4 is 5.32 Å². The van der Waals surface area contributed by atoms with Crippen LogP contribution in [0.25, 0.3) is 0 Å². The van der Waals surface area contributed by atoms with Gasteiger partial charge in [0.25, 0.3) is 0 Å². The van der Waals surface area contributed by atoms with Crippen molar-refractivity contribution in [3.05, 3.63) is 85.1 Å². The van der Waals surface area contributed by atoms with Gasteiger partial charge in [0, 0.05) is 6.42 Å². The van der Waals surface area contributed by atoms with Gasteiger partial charge in [-0.3, -0.25) is 9.59 Å². The summed E-state index contributed by atoms with van der Waals surface area (Å²) in [5.41, 5.74) is 0. The Bertz CT molecular complexity index is 1780. The largest absolute Gasteiger partial charge is 0.454 e. The topological polar surface area (TPSA) is 175 Å². The number of unbranched alkanes of at least 4 members (excludes halogenated alkanes) is 38. The quantitative estimate of drug-likeness (QED) is 0.0195. The van der Waals surface area contributed by atoms with Gasteiger partial charge in [0.15, 0.2) is 12.4 Å². The number of amides is 1. The highest BCUT2D eigenvalue weighted by atomic mass is 16.7. The number of ether oxygens (including phenoxy) is 3. The Balaban J connectivity index is 2.55. The van der Waals surface area contributed by atoms with Crippen molar-refractivity contribution < 1.29 is 49.3 Å². The van der Waals surface area contributed by atoms with Crippen molar-refractivity contribution in [1.82, 2.24) is 5.32 Å². The highest BCUT2D eigenvalue weighted by Gasteiger charge is 2.47. The Hall–Kier alpha value is -3.16. The maximum atomic E-state index is 13.5. The molecule has 1 saturated heterocycles. The fourth-order valence-corrected chi connectivity index (χ4v) is 11.4. The molecule has 11 nitrogen and oxygen atoms in total. The normalized spacial score (nSPS) is 18.6. The summed E-state index contributed by atoms with van der Waals surface area (Å²) >= 11 is 0. The van der Waals surface area contributed by atoms with Crippen LogP contribution in [-0.4, -0.2) is 99.6 Å². The molecule has 0 aromatic heterocycles. The number of aliphatic hydroxyl groups is 5. The number of rotatable bonds is 64. The SMILES string of the molecule is CC/C=C\C/C=C\C/C=C\C/C=C\C/C=C\CCCCCCCCCCCCCC(=O)OC1C(OCC(NC(=O)C(O)CCCCCCCCCCCC/C=C/CCCCCCCC)C(O)/C=C/CCCCCCCCCCCCC)OC(CO)C(O)C1O. The van der Waals surface area contributed by atoms with Gasteiger partial charge in [-0.05, 0) is 96.3 Å². The van der Waals surface area contributed by atoms with Crippen LogP contribution in [0.3, 0.4) is 0 Å². The standard InChI is InChI=1S/C78H139NO10/c1-4-7-10-13-16-19-22-25-27-29-31-33-34-35-36-37-38-39-41-43-45-48-51-54-57-60-63-66-73(83)89-76-75(85)74(84)72(67-80)88-78(76)87-68-69(70(81)64-61-58-55-52-49-46-24-21-18-15-12-9-6-3)79-77(86)71(82)65-62-59-56-53-50-47-44-42-40-32-30-28-26-23-20-17-14-11-8-5-2/h7,10,16,19,25-28,31,33,35-36,61,64,69-72,74-76,78,80-82,84-85H,4-6,8-9,11-15,17-18,20-24,29-30,32,34,37-60,62-63,65-68H2,1-3H3,(H,79,86)/b10-7-,19-16-,27-25-,28-26+,33-31-,36-35-,64-61+. The van der Waals surface area contributed by atoms with Crippen LogP contribution in [0.15, 0.2) is 85.1 Å². The second-order valence-electron chi connectivity index (χ2n) is 25.6. The Kier molecular flexibility index (Phi) is 61.2. The first-order valence-corrected chi connectivity index (χ1v) is 37.4. The van der Waals surface area contributed by atoms with Gasteiger partial charge in [0.1, 0.15) is 24.4 Å². The highest BCUT2D eigenvalue weighted by molar-refractivity contribution is 5.80. The van der Waals surface area contributed by atoms with E-state index in [0.29, 0.717) is 12.8 Å². The van der Waals surface area contributed by atoms with Crippen molar-refractivity contribution in [2.24, 2.45) is 0 Å². The summed E-state index contributed by atoms with van der Waals surface area (Å²) in [7, 11) is 0. The molecule has 0 bridgehead atoms. The van der Waals surface area contributed by atoms with Crippen LogP contribution in [0.4, 0.5) is 0 Å². The minimum absolute atomic E-state index is 0.117. The molecule has 11 heteroatoms. The minimum Gasteiger partial charge on any atom is -0.454 e. The molecule has 1 amide bonds. The molecule has 516 valence electrons. The molecular formula is C78H139NO10.